The Labute approximate surface area is 104 Å². The molecule has 0 aliphatic rings. The Hall–Kier alpha value is -2.30. The van der Waals surface area contributed by atoms with Crippen LogP contribution in [0.3, 0.4) is 0 Å². The minimum Gasteiger partial charge on any atom is -0.321 e. The van der Waals surface area contributed by atoms with Crippen molar-refractivity contribution in [1.29, 1.82) is 0 Å². The van der Waals surface area contributed by atoms with Gasteiger partial charge in [0.05, 0.1) is 0 Å². The lowest BCUT2D eigenvalue weighted by atomic mass is 10.2. The average molecular weight is 245 g/mol. The molecule has 0 unspecified atom stereocenters. The number of halogens is 1. The van der Waals surface area contributed by atoms with Gasteiger partial charge < -0.3 is 5.32 Å². The number of amides is 1. The van der Waals surface area contributed by atoms with Crippen molar-refractivity contribution in [1.82, 2.24) is 9.97 Å². The molecule has 0 fully saturated rings. The smallest absolute Gasteiger partial charge is 0.274 e. The lowest BCUT2D eigenvalue weighted by molar-refractivity contribution is 0.102. The van der Waals surface area contributed by atoms with E-state index in [1.54, 1.807) is 6.07 Å². The third-order valence-corrected chi connectivity index (χ3v) is 2.42. The van der Waals surface area contributed by atoms with E-state index >= 15 is 0 Å². The van der Waals surface area contributed by atoms with Crippen molar-refractivity contribution in [2.45, 2.75) is 13.3 Å². The van der Waals surface area contributed by atoms with Gasteiger partial charge in [-0.05, 0) is 36.8 Å². The zero-order chi connectivity index (χ0) is 13.0. The van der Waals surface area contributed by atoms with Crippen molar-refractivity contribution in [2.24, 2.45) is 0 Å². The van der Waals surface area contributed by atoms with Gasteiger partial charge >= 0.3 is 0 Å². The zero-order valence-corrected chi connectivity index (χ0v) is 9.85. The minimum absolute atomic E-state index is 0.297. The van der Waals surface area contributed by atoms with Crippen molar-refractivity contribution in [3.05, 3.63) is 53.9 Å². The number of rotatable bonds is 3. The fourth-order valence-electron chi connectivity index (χ4n) is 1.44. The Morgan fingerprint density at radius 3 is 2.67 bits per heavy atom. The van der Waals surface area contributed by atoms with Crippen LogP contribution >= 0.6 is 0 Å². The van der Waals surface area contributed by atoms with Gasteiger partial charge in [0.25, 0.3) is 5.91 Å². The predicted octanol–water partition coefficient (Wildman–Crippen LogP) is 2.43. The van der Waals surface area contributed by atoms with Crippen LogP contribution in [0.2, 0.25) is 0 Å². The Bertz CT molecular complexity index is 554. The van der Waals surface area contributed by atoms with E-state index in [0.29, 0.717) is 11.4 Å². The maximum atomic E-state index is 12.7. The summed E-state index contributed by atoms with van der Waals surface area (Å²) in [5.41, 5.74) is 1.62. The molecule has 1 N–H and O–H groups in total. The first-order valence-corrected chi connectivity index (χ1v) is 5.57. The maximum Gasteiger partial charge on any atom is 0.274 e. The molecule has 0 atom stereocenters. The van der Waals surface area contributed by atoms with Crippen LogP contribution in [0.4, 0.5) is 10.1 Å². The molecule has 18 heavy (non-hydrogen) atoms. The lowest BCUT2D eigenvalue weighted by Gasteiger charge is -2.05. The number of hydrogen-bond acceptors (Lipinski definition) is 3. The van der Waals surface area contributed by atoms with E-state index in [1.165, 1.54) is 30.6 Å². The molecule has 2 aromatic rings. The molecule has 1 heterocycles. The normalized spacial score (nSPS) is 10.1. The molecular formula is C13H12FN3O. The summed E-state index contributed by atoms with van der Waals surface area (Å²) in [7, 11) is 0. The highest BCUT2D eigenvalue weighted by Crippen LogP contribution is 2.10. The standard InChI is InChI=1S/C13H12FN3O/c1-2-10-7-12(16-8-15-10)13(18)17-11-5-3-9(14)4-6-11/h3-8H,2H2,1H3,(H,17,18). The number of aromatic nitrogens is 2. The predicted molar refractivity (Wildman–Crippen MR) is 65.8 cm³/mol. The van der Waals surface area contributed by atoms with Crippen LogP contribution in [0, 0.1) is 5.82 Å². The van der Waals surface area contributed by atoms with E-state index in [-0.39, 0.29) is 11.7 Å². The summed E-state index contributed by atoms with van der Waals surface area (Å²) in [6, 6.07) is 7.20. The Balaban J connectivity index is 2.14. The van der Waals surface area contributed by atoms with E-state index in [9.17, 15) is 9.18 Å². The van der Waals surface area contributed by atoms with Crippen molar-refractivity contribution < 1.29 is 9.18 Å². The van der Waals surface area contributed by atoms with Gasteiger partial charge in [0.15, 0.2) is 0 Å². The molecule has 0 saturated carbocycles. The molecule has 5 heteroatoms. The fourth-order valence-corrected chi connectivity index (χ4v) is 1.44. The molecule has 1 amide bonds. The summed E-state index contributed by atoms with van der Waals surface area (Å²) < 4.78 is 12.7. The second-order valence-electron chi connectivity index (χ2n) is 3.71. The third kappa shape index (κ3) is 2.88. The van der Waals surface area contributed by atoms with Gasteiger partial charge in [-0.25, -0.2) is 14.4 Å². The molecule has 0 bridgehead atoms. The molecular weight excluding hydrogens is 233 g/mol. The van der Waals surface area contributed by atoms with Gasteiger partial charge in [-0.3, -0.25) is 4.79 Å². The third-order valence-electron chi connectivity index (χ3n) is 2.42. The monoisotopic (exact) mass is 245 g/mol. The maximum absolute atomic E-state index is 12.7. The molecule has 0 spiro atoms. The first kappa shape index (κ1) is 12.2. The lowest BCUT2D eigenvalue weighted by Crippen LogP contribution is -2.14. The first-order chi connectivity index (χ1) is 8.69. The summed E-state index contributed by atoms with van der Waals surface area (Å²) in [5.74, 6) is -0.679. The van der Waals surface area contributed by atoms with E-state index in [4.69, 9.17) is 0 Å². The Kier molecular flexibility index (Phi) is 3.62. The highest BCUT2D eigenvalue weighted by molar-refractivity contribution is 6.02. The molecule has 1 aromatic carbocycles. The van der Waals surface area contributed by atoms with Crippen LogP contribution in [-0.2, 0) is 6.42 Å². The van der Waals surface area contributed by atoms with E-state index in [0.717, 1.165) is 12.1 Å². The second kappa shape index (κ2) is 5.35. The van der Waals surface area contributed by atoms with E-state index in [1.807, 2.05) is 6.92 Å². The number of carbonyl (C=O) groups is 1. The fraction of sp³-hybridized carbons (Fsp3) is 0.154. The SMILES string of the molecule is CCc1cc(C(=O)Nc2ccc(F)cc2)ncn1. The van der Waals surface area contributed by atoms with Gasteiger partial charge in [-0.1, -0.05) is 6.92 Å². The van der Waals surface area contributed by atoms with Crippen molar-refractivity contribution >= 4 is 11.6 Å². The first-order valence-electron chi connectivity index (χ1n) is 5.57. The van der Waals surface area contributed by atoms with E-state index in [2.05, 4.69) is 15.3 Å². The Morgan fingerprint density at radius 2 is 2.00 bits per heavy atom. The zero-order valence-electron chi connectivity index (χ0n) is 9.85. The summed E-state index contributed by atoms with van der Waals surface area (Å²) in [5, 5.41) is 2.64. The van der Waals surface area contributed by atoms with Crippen LogP contribution in [0.25, 0.3) is 0 Å². The van der Waals surface area contributed by atoms with Crippen LogP contribution in [0.1, 0.15) is 23.1 Å². The summed E-state index contributed by atoms with van der Waals surface area (Å²) in [4.78, 5) is 19.8. The minimum atomic E-state index is -0.344. The molecule has 0 aliphatic carbocycles. The van der Waals surface area contributed by atoms with Gasteiger partial charge in [0, 0.05) is 11.4 Å². The molecule has 1 aromatic heterocycles. The molecule has 0 aliphatic heterocycles. The number of benzene rings is 1. The van der Waals surface area contributed by atoms with Gasteiger partial charge in [0.2, 0.25) is 0 Å². The molecule has 92 valence electrons. The second-order valence-corrected chi connectivity index (χ2v) is 3.71. The topological polar surface area (TPSA) is 54.9 Å². The number of nitrogens with zero attached hydrogens (tertiary/aromatic N) is 2. The summed E-state index contributed by atoms with van der Waals surface area (Å²) >= 11 is 0. The largest absolute Gasteiger partial charge is 0.321 e. The number of anilines is 1. The van der Waals surface area contributed by atoms with Crippen molar-refractivity contribution in [2.75, 3.05) is 5.32 Å². The molecule has 4 nitrogen and oxygen atoms in total. The highest BCUT2D eigenvalue weighted by atomic mass is 19.1. The summed E-state index contributed by atoms with van der Waals surface area (Å²) in [6.07, 6.45) is 2.09. The van der Waals surface area contributed by atoms with Crippen LogP contribution in [0.15, 0.2) is 36.7 Å². The van der Waals surface area contributed by atoms with Crippen molar-refractivity contribution in [3.8, 4) is 0 Å². The Morgan fingerprint density at radius 1 is 1.28 bits per heavy atom. The van der Waals surface area contributed by atoms with E-state index < -0.39 is 0 Å². The molecule has 0 saturated heterocycles. The van der Waals surface area contributed by atoms with Gasteiger partial charge in [-0.15, -0.1) is 0 Å². The summed E-state index contributed by atoms with van der Waals surface area (Å²) in [6.45, 7) is 1.95. The number of aryl methyl sites for hydroxylation is 1. The number of hydrogen-bond donors (Lipinski definition) is 1. The highest BCUT2D eigenvalue weighted by Gasteiger charge is 2.08. The number of carbonyl (C=O) groups excluding carboxylic acids is 1. The van der Waals surface area contributed by atoms with Crippen LogP contribution in [-0.4, -0.2) is 15.9 Å². The van der Waals surface area contributed by atoms with Crippen LogP contribution in [0.5, 0.6) is 0 Å². The van der Waals surface area contributed by atoms with Crippen LogP contribution < -0.4 is 5.32 Å². The van der Waals surface area contributed by atoms with Gasteiger partial charge in [0.1, 0.15) is 17.8 Å². The molecule has 0 radical (unpaired) electrons. The average Bonchev–Trinajstić information content (AvgIpc) is 2.41. The van der Waals surface area contributed by atoms with Crippen molar-refractivity contribution in [3.63, 3.8) is 0 Å². The number of nitrogens with one attached hydrogen (secondary N) is 1. The quantitative estimate of drug-likeness (QED) is 0.903. The molecule has 2 rings (SSSR count). The van der Waals surface area contributed by atoms with Gasteiger partial charge in [-0.2, -0.15) is 0 Å².